The number of hydrogen-bond acceptors (Lipinski definition) is 2. The van der Waals surface area contributed by atoms with Crippen molar-refractivity contribution >= 4 is 12.0 Å². The summed E-state index contributed by atoms with van der Waals surface area (Å²) in [5.74, 6) is -0.371. The fourth-order valence-electron chi connectivity index (χ4n) is 2.00. The number of amides is 2. The van der Waals surface area contributed by atoms with Crippen molar-refractivity contribution in [3.05, 3.63) is 0 Å². The number of carbonyl (C=O) groups is 2. The molecule has 104 valence electrons. The summed E-state index contributed by atoms with van der Waals surface area (Å²) in [5.41, 5.74) is 0. The van der Waals surface area contributed by atoms with Crippen LogP contribution in [0, 0.1) is 5.92 Å². The molecule has 0 saturated heterocycles. The van der Waals surface area contributed by atoms with E-state index in [1.54, 1.807) is 11.9 Å². The van der Waals surface area contributed by atoms with Gasteiger partial charge in [0.1, 0.15) is 6.04 Å². The second-order valence-electron chi connectivity index (χ2n) is 5.17. The number of carboxylic acids is 1. The molecule has 2 unspecified atom stereocenters. The van der Waals surface area contributed by atoms with Crippen molar-refractivity contribution in [1.29, 1.82) is 0 Å². The summed E-state index contributed by atoms with van der Waals surface area (Å²) in [6.07, 6.45) is 4.55. The standard InChI is InChI=1S/C13H24N2O3/c1-4-5-6-11(12(16)17)14-13(18)15(3)9(2)10-7-8-10/h9-11H,4-8H2,1-3H3,(H,14,18)(H,16,17). The van der Waals surface area contributed by atoms with E-state index in [2.05, 4.69) is 5.32 Å². The highest BCUT2D eigenvalue weighted by Gasteiger charge is 2.33. The first-order valence-electron chi connectivity index (χ1n) is 6.73. The molecule has 1 fully saturated rings. The minimum Gasteiger partial charge on any atom is -0.480 e. The number of rotatable bonds is 7. The quantitative estimate of drug-likeness (QED) is 0.732. The molecule has 2 atom stereocenters. The van der Waals surface area contributed by atoms with Crippen LogP contribution in [0.5, 0.6) is 0 Å². The third kappa shape index (κ3) is 4.20. The molecule has 5 heteroatoms. The Morgan fingerprint density at radius 3 is 2.50 bits per heavy atom. The van der Waals surface area contributed by atoms with Gasteiger partial charge < -0.3 is 15.3 Å². The number of carboxylic acid groups (broad SMARTS) is 1. The van der Waals surface area contributed by atoms with Gasteiger partial charge in [-0.2, -0.15) is 0 Å². The highest BCUT2D eigenvalue weighted by atomic mass is 16.4. The zero-order valence-electron chi connectivity index (χ0n) is 11.5. The van der Waals surface area contributed by atoms with Crippen molar-refractivity contribution in [2.24, 2.45) is 5.92 Å². The lowest BCUT2D eigenvalue weighted by Gasteiger charge is -2.26. The molecule has 18 heavy (non-hydrogen) atoms. The lowest BCUT2D eigenvalue weighted by atomic mass is 10.1. The van der Waals surface area contributed by atoms with Gasteiger partial charge in [0, 0.05) is 13.1 Å². The molecular formula is C13H24N2O3. The highest BCUT2D eigenvalue weighted by Crippen LogP contribution is 2.34. The monoisotopic (exact) mass is 256 g/mol. The molecule has 0 heterocycles. The van der Waals surface area contributed by atoms with Gasteiger partial charge in [0.2, 0.25) is 0 Å². The molecule has 0 spiro atoms. The van der Waals surface area contributed by atoms with E-state index in [0.29, 0.717) is 12.3 Å². The summed E-state index contributed by atoms with van der Waals surface area (Å²) < 4.78 is 0. The molecule has 0 aromatic heterocycles. The molecular weight excluding hydrogens is 232 g/mol. The lowest BCUT2D eigenvalue weighted by molar-refractivity contribution is -0.139. The van der Waals surface area contributed by atoms with Gasteiger partial charge in [0.25, 0.3) is 0 Å². The molecule has 0 bridgehead atoms. The van der Waals surface area contributed by atoms with Crippen molar-refractivity contribution in [3.63, 3.8) is 0 Å². The average Bonchev–Trinajstić information content (AvgIpc) is 3.15. The summed E-state index contributed by atoms with van der Waals surface area (Å²) >= 11 is 0. The van der Waals surface area contributed by atoms with E-state index in [1.807, 2.05) is 13.8 Å². The van der Waals surface area contributed by atoms with E-state index in [0.717, 1.165) is 25.7 Å². The molecule has 0 aliphatic heterocycles. The largest absolute Gasteiger partial charge is 0.480 e. The molecule has 1 aliphatic rings. The molecule has 0 radical (unpaired) electrons. The van der Waals surface area contributed by atoms with E-state index in [4.69, 9.17) is 5.11 Å². The van der Waals surface area contributed by atoms with Crippen LogP contribution in [0.2, 0.25) is 0 Å². The number of aliphatic carboxylic acids is 1. The second kappa shape index (κ2) is 6.61. The number of carbonyl (C=O) groups excluding carboxylic acids is 1. The Bertz CT molecular complexity index is 303. The predicted octanol–water partition coefficient (Wildman–Crippen LogP) is 2.07. The number of urea groups is 1. The molecule has 5 nitrogen and oxygen atoms in total. The fourth-order valence-corrected chi connectivity index (χ4v) is 2.00. The van der Waals surface area contributed by atoms with Crippen molar-refractivity contribution in [1.82, 2.24) is 10.2 Å². The van der Waals surface area contributed by atoms with Crippen LogP contribution in [0.25, 0.3) is 0 Å². The van der Waals surface area contributed by atoms with Gasteiger partial charge in [-0.3, -0.25) is 0 Å². The first-order chi connectivity index (χ1) is 8.47. The van der Waals surface area contributed by atoms with Crippen LogP contribution in [0.15, 0.2) is 0 Å². The summed E-state index contributed by atoms with van der Waals surface area (Å²) in [4.78, 5) is 24.6. The summed E-state index contributed by atoms with van der Waals surface area (Å²) in [5, 5.41) is 11.7. The smallest absolute Gasteiger partial charge is 0.326 e. The maximum atomic E-state index is 11.9. The summed E-state index contributed by atoms with van der Waals surface area (Å²) in [6, 6.07) is -0.866. The minimum atomic E-state index is -0.954. The molecule has 0 aromatic carbocycles. The Labute approximate surface area is 109 Å². The van der Waals surface area contributed by atoms with Crippen LogP contribution in [0.1, 0.15) is 46.0 Å². The van der Waals surface area contributed by atoms with Gasteiger partial charge in [-0.25, -0.2) is 9.59 Å². The fraction of sp³-hybridized carbons (Fsp3) is 0.846. The van der Waals surface area contributed by atoms with Crippen molar-refractivity contribution in [3.8, 4) is 0 Å². The number of hydrogen-bond donors (Lipinski definition) is 2. The Morgan fingerprint density at radius 1 is 1.44 bits per heavy atom. The van der Waals surface area contributed by atoms with Crippen LogP contribution in [0.3, 0.4) is 0 Å². The van der Waals surface area contributed by atoms with Gasteiger partial charge in [-0.1, -0.05) is 19.8 Å². The zero-order valence-corrected chi connectivity index (χ0v) is 11.5. The predicted molar refractivity (Wildman–Crippen MR) is 69.4 cm³/mol. The molecule has 1 rings (SSSR count). The van der Waals surface area contributed by atoms with E-state index in [-0.39, 0.29) is 12.1 Å². The number of unbranched alkanes of at least 4 members (excludes halogenated alkanes) is 1. The van der Waals surface area contributed by atoms with Crippen LogP contribution in [-0.2, 0) is 4.79 Å². The molecule has 1 saturated carbocycles. The van der Waals surface area contributed by atoms with Gasteiger partial charge in [-0.15, -0.1) is 0 Å². The number of nitrogens with one attached hydrogen (secondary N) is 1. The van der Waals surface area contributed by atoms with Crippen LogP contribution in [-0.4, -0.2) is 41.1 Å². The third-order valence-corrected chi connectivity index (χ3v) is 3.68. The highest BCUT2D eigenvalue weighted by molar-refractivity contribution is 5.82. The Kier molecular flexibility index (Phi) is 5.44. The van der Waals surface area contributed by atoms with Crippen molar-refractivity contribution < 1.29 is 14.7 Å². The lowest BCUT2D eigenvalue weighted by Crippen LogP contribution is -2.49. The molecule has 0 aromatic rings. The second-order valence-corrected chi connectivity index (χ2v) is 5.17. The van der Waals surface area contributed by atoms with Gasteiger partial charge in [0.15, 0.2) is 0 Å². The van der Waals surface area contributed by atoms with Crippen LogP contribution >= 0.6 is 0 Å². The van der Waals surface area contributed by atoms with E-state index in [9.17, 15) is 9.59 Å². The Morgan fingerprint density at radius 2 is 2.06 bits per heavy atom. The van der Waals surface area contributed by atoms with Crippen molar-refractivity contribution in [2.75, 3.05) is 7.05 Å². The summed E-state index contributed by atoms with van der Waals surface area (Å²) in [6.45, 7) is 4.01. The molecule has 2 N–H and O–H groups in total. The normalized spacial score (nSPS) is 17.9. The average molecular weight is 256 g/mol. The SMILES string of the molecule is CCCCC(NC(=O)N(C)C(C)C1CC1)C(=O)O. The van der Waals surface area contributed by atoms with Gasteiger partial charge >= 0.3 is 12.0 Å². The van der Waals surface area contributed by atoms with E-state index < -0.39 is 12.0 Å². The Balaban J connectivity index is 2.46. The van der Waals surface area contributed by atoms with E-state index >= 15 is 0 Å². The summed E-state index contributed by atoms with van der Waals surface area (Å²) in [7, 11) is 1.73. The maximum absolute atomic E-state index is 11.9. The van der Waals surface area contributed by atoms with Crippen LogP contribution < -0.4 is 5.32 Å². The van der Waals surface area contributed by atoms with Crippen LogP contribution in [0.4, 0.5) is 4.79 Å². The van der Waals surface area contributed by atoms with E-state index in [1.165, 1.54) is 0 Å². The minimum absolute atomic E-state index is 0.186. The first-order valence-corrected chi connectivity index (χ1v) is 6.73. The topological polar surface area (TPSA) is 69.6 Å². The van der Waals surface area contributed by atoms with Gasteiger partial charge in [-0.05, 0) is 32.1 Å². The number of nitrogens with zero attached hydrogens (tertiary/aromatic N) is 1. The van der Waals surface area contributed by atoms with Crippen molar-refractivity contribution in [2.45, 2.75) is 58.0 Å². The van der Waals surface area contributed by atoms with Gasteiger partial charge in [0.05, 0.1) is 0 Å². The molecule has 1 aliphatic carbocycles. The maximum Gasteiger partial charge on any atom is 0.326 e. The Hall–Kier alpha value is -1.26. The molecule has 2 amide bonds. The third-order valence-electron chi connectivity index (χ3n) is 3.68. The first kappa shape index (κ1) is 14.8. The zero-order chi connectivity index (χ0) is 13.7.